The maximum Gasteiger partial charge on any atom is 0.422 e. The topological polar surface area (TPSA) is 43.4 Å². The van der Waals surface area contributed by atoms with Crippen LogP contribution in [0.15, 0.2) is 17.0 Å². The van der Waals surface area contributed by atoms with Crippen molar-refractivity contribution in [1.29, 1.82) is 0 Å². The Bertz CT molecular complexity index is 590. The van der Waals surface area contributed by atoms with Crippen molar-refractivity contribution in [2.45, 2.75) is 37.8 Å². The van der Waals surface area contributed by atoms with Crippen LogP contribution in [0.4, 0.5) is 13.2 Å². The monoisotopic (exact) mass is 310 g/mol. The molecule has 0 unspecified atom stereocenters. The van der Waals surface area contributed by atoms with Crippen molar-refractivity contribution < 1.29 is 26.3 Å². The molecular formula is C13H17F3O3S. The van der Waals surface area contributed by atoms with Crippen molar-refractivity contribution in [2.24, 2.45) is 0 Å². The van der Waals surface area contributed by atoms with Crippen LogP contribution in [-0.4, -0.2) is 27.5 Å². The van der Waals surface area contributed by atoms with Crippen LogP contribution in [0, 0.1) is 6.92 Å². The summed E-state index contributed by atoms with van der Waals surface area (Å²) in [5, 5.41) is 0. The van der Waals surface area contributed by atoms with Crippen molar-refractivity contribution in [2.75, 3.05) is 12.9 Å². The van der Waals surface area contributed by atoms with Crippen molar-refractivity contribution in [3.8, 4) is 5.75 Å². The standard InChI is InChI=1S/C13H17F3O3S/c1-8(2)10-5-6-11(20(4,17)18)12(9(10)3)19-7-13(14,15)16/h5-6,8H,7H2,1-4H3. The van der Waals surface area contributed by atoms with E-state index in [1.807, 2.05) is 13.8 Å². The molecule has 0 atom stereocenters. The molecule has 0 aliphatic heterocycles. The van der Waals surface area contributed by atoms with Gasteiger partial charge >= 0.3 is 6.18 Å². The van der Waals surface area contributed by atoms with E-state index < -0.39 is 22.6 Å². The SMILES string of the molecule is Cc1c(C(C)C)ccc(S(C)(=O)=O)c1OCC(F)(F)F. The summed E-state index contributed by atoms with van der Waals surface area (Å²) in [6, 6.07) is 2.90. The molecule has 0 aromatic heterocycles. The molecular weight excluding hydrogens is 293 g/mol. The predicted octanol–water partition coefficient (Wildman–Crippen LogP) is 3.46. The first-order chi connectivity index (χ1) is 8.93. The van der Waals surface area contributed by atoms with Crippen molar-refractivity contribution >= 4 is 9.84 Å². The van der Waals surface area contributed by atoms with E-state index >= 15 is 0 Å². The molecule has 0 radical (unpaired) electrons. The van der Waals surface area contributed by atoms with E-state index in [2.05, 4.69) is 0 Å². The van der Waals surface area contributed by atoms with Crippen LogP contribution in [0.3, 0.4) is 0 Å². The molecule has 0 heterocycles. The summed E-state index contributed by atoms with van der Waals surface area (Å²) in [5.41, 5.74) is 1.18. The smallest absolute Gasteiger partial charge is 0.422 e. The molecule has 0 aliphatic rings. The summed E-state index contributed by atoms with van der Waals surface area (Å²) >= 11 is 0. The number of hydrogen-bond donors (Lipinski definition) is 0. The number of hydrogen-bond acceptors (Lipinski definition) is 3. The Morgan fingerprint density at radius 2 is 1.80 bits per heavy atom. The summed E-state index contributed by atoms with van der Waals surface area (Å²) in [5.74, 6) is -0.159. The third-order valence-corrected chi connectivity index (χ3v) is 3.93. The van der Waals surface area contributed by atoms with E-state index in [1.54, 1.807) is 13.0 Å². The second kappa shape index (κ2) is 5.63. The number of alkyl halides is 3. The second-order valence-corrected chi connectivity index (χ2v) is 6.92. The minimum absolute atomic E-state index is 0.0526. The molecule has 0 amide bonds. The number of halogens is 3. The summed E-state index contributed by atoms with van der Waals surface area (Å²) in [7, 11) is -3.66. The lowest BCUT2D eigenvalue weighted by Crippen LogP contribution is -2.21. The highest BCUT2D eigenvalue weighted by molar-refractivity contribution is 7.90. The summed E-state index contributed by atoms with van der Waals surface area (Å²) in [6.07, 6.45) is -3.58. The van der Waals surface area contributed by atoms with Crippen LogP contribution >= 0.6 is 0 Å². The molecule has 1 rings (SSSR count). The van der Waals surface area contributed by atoms with Gasteiger partial charge in [-0.15, -0.1) is 0 Å². The largest absolute Gasteiger partial charge is 0.482 e. The van der Waals surface area contributed by atoms with Crippen LogP contribution < -0.4 is 4.74 Å². The maximum absolute atomic E-state index is 12.3. The Morgan fingerprint density at radius 1 is 1.25 bits per heavy atom. The highest BCUT2D eigenvalue weighted by Gasteiger charge is 2.30. The molecule has 0 N–H and O–H groups in total. The molecule has 1 aromatic carbocycles. The van der Waals surface area contributed by atoms with Crippen LogP contribution in [-0.2, 0) is 9.84 Å². The summed E-state index contributed by atoms with van der Waals surface area (Å²) < 4.78 is 64.9. The molecule has 3 nitrogen and oxygen atoms in total. The zero-order valence-corrected chi connectivity index (χ0v) is 12.5. The van der Waals surface area contributed by atoms with E-state index in [9.17, 15) is 21.6 Å². The summed E-state index contributed by atoms with van der Waals surface area (Å²) in [4.78, 5) is -0.219. The van der Waals surface area contributed by atoms with Gasteiger partial charge in [0.25, 0.3) is 0 Å². The Balaban J connectivity index is 3.38. The molecule has 7 heteroatoms. The second-order valence-electron chi connectivity index (χ2n) is 4.94. The first-order valence-electron chi connectivity index (χ1n) is 5.96. The molecule has 20 heavy (non-hydrogen) atoms. The molecule has 0 saturated carbocycles. The fourth-order valence-electron chi connectivity index (χ4n) is 1.93. The van der Waals surface area contributed by atoms with Gasteiger partial charge in [0.1, 0.15) is 10.6 Å². The Hall–Kier alpha value is -1.24. The third kappa shape index (κ3) is 4.13. The Labute approximate surface area is 116 Å². The van der Waals surface area contributed by atoms with Gasteiger partial charge in [0.05, 0.1) is 0 Å². The fourth-order valence-corrected chi connectivity index (χ4v) is 2.80. The van der Waals surface area contributed by atoms with Gasteiger partial charge in [-0.3, -0.25) is 0 Å². The van der Waals surface area contributed by atoms with Gasteiger partial charge in [-0.1, -0.05) is 19.9 Å². The third-order valence-electron chi connectivity index (χ3n) is 2.81. The lowest BCUT2D eigenvalue weighted by Gasteiger charge is -2.18. The average Bonchev–Trinajstić information content (AvgIpc) is 2.23. The molecule has 0 fully saturated rings. The van der Waals surface area contributed by atoms with Gasteiger partial charge in [-0.05, 0) is 30.0 Å². The molecule has 114 valence electrons. The Morgan fingerprint density at radius 3 is 2.20 bits per heavy atom. The zero-order valence-electron chi connectivity index (χ0n) is 11.7. The molecule has 0 bridgehead atoms. The van der Waals surface area contributed by atoms with E-state index in [1.165, 1.54) is 6.07 Å². The van der Waals surface area contributed by atoms with Gasteiger partial charge in [-0.25, -0.2) is 8.42 Å². The molecule has 0 spiro atoms. The number of ether oxygens (including phenoxy) is 1. The van der Waals surface area contributed by atoms with Gasteiger partial charge < -0.3 is 4.74 Å². The van der Waals surface area contributed by atoms with Crippen LogP contribution in [0.5, 0.6) is 5.75 Å². The number of benzene rings is 1. The first-order valence-corrected chi connectivity index (χ1v) is 7.85. The molecule has 0 aliphatic carbocycles. The van der Waals surface area contributed by atoms with E-state index in [0.29, 0.717) is 5.56 Å². The fraction of sp³-hybridized carbons (Fsp3) is 0.538. The normalized spacial score (nSPS) is 12.8. The average molecular weight is 310 g/mol. The minimum Gasteiger partial charge on any atom is -0.482 e. The van der Waals surface area contributed by atoms with Crippen LogP contribution in [0.1, 0.15) is 30.9 Å². The van der Waals surface area contributed by atoms with Crippen molar-refractivity contribution in [3.63, 3.8) is 0 Å². The first kappa shape index (κ1) is 16.8. The minimum atomic E-state index is -4.52. The highest BCUT2D eigenvalue weighted by atomic mass is 32.2. The van der Waals surface area contributed by atoms with E-state index in [-0.39, 0.29) is 16.6 Å². The van der Waals surface area contributed by atoms with Gasteiger partial charge in [0.15, 0.2) is 16.4 Å². The summed E-state index contributed by atoms with van der Waals surface area (Å²) in [6.45, 7) is 3.79. The number of sulfone groups is 1. The Kier molecular flexibility index (Phi) is 4.74. The zero-order chi connectivity index (χ0) is 15.7. The van der Waals surface area contributed by atoms with Gasteiger partial charge in [-0.2, -0.15) is 13.2 Å². The quantitative estimate of drug-likeness (QED) is 0.855. The maximum atomic E-state index is 12.3. The van der Waals surface area contributed by atoms with Gasteiger partial charge in [0, 0.05) is 6.26 Å². The van der Waals surface area contributed by atoms with Crippen LogP contribution in [0.2, 0.25) is 0 Å². The lowest BCUT2D eigenvalue weighted by atomic mass is 9.97. The van der Waals surface area contributed by atoms with Crippen molar-refractivity contribution in [3.05, 3.63) is 23.3 Å². The lowest BCUT2D eigenvalue weighted by molar-refractivity contribution is -0.153. The predicted molar refractivity (Wildman–Crippen MR) is 69.9 cm³/mol. The molecule has 1 aromatic rings. The highest BCUT2D eigenvalue weighted by Crippen LogP contribution is 2.34. The van der Waals surface area contributed by atoms with Crippen molar-refractivity contribution in [1.82, 2.24) is 0 Å². The molecule has 0 saturated heterocycles. The van der Waals surface area contributed by atoms with Gasteiger partial charge in [0.2, 0.25) is 0 Å². The van der Waals surface area contributed by atoms with E-state index in [4.69, 9.17) is 4.74 Å². The van der Waals surface area contributed by atoms with E-state index in [0.717, 1.165) is 11.8 Å². The number of rotatable bonds is 4. The van der Waals surface area contributed by atoms with Crippen LogP contribution in [0.25, 0.3) is 0 Å².